The fourth-order valence-electron chi connectivity index (χ4n) is 3.55. The Bertz CT molecular complexity index is 1100. The quantitative estimate of drug-likeness (QED) is 0.618. The Morgan fingerprint density at radius 2 is 1.84 bits per heavy atom. The smallest absolute Gasteiger partial charge is 0.252 e. The first-order valence-corrected chi connectivity index (χ1v) is 13.8. The van der Waals surface area contributed by atoms with Crippen molar-refractivity contribution in [1.82, 2.24) is 13.9 Å². The predicted octanol–water partition coefficient (Wildman–Crippen LogP) is 2.36. The molecule has 31 heavy (non-hydrogen) atoms. The molecule has 2 aromatic rings. The number of thiophene rings is 1. The van der Waals surface area contributed by atoms with Crippen molar-refractivity contribution >= 4 is 37.3 Å². The van der Waals surface area contributed by atoms with Gasteiger partial charge in [0.1, 0.15) is 4.21 Å². The van der Waals surface area contributed by atoms with Crippen molar-refractivity contribution in [2.45, 2.75) is 40.8 Å². The van der Waals surface area contributed by atoms with E-state index in [-0.39, 0.29) is 16.8 Å². The highest BCUT2D eigenvalue weighted by Gasteiger charge is 2.33. The average Bonchev–Trinajstić information content (AvgIpc) is 3.30. The normalized spacial score (nSPS) is 18.2. The number of amides is 1. The van der Waals surface area contributed by atoms with E-state index in [1.54, 1.807) is 21.8 Å². The second-order valence-corrected chi connectivity index (χ2v) is 12.8. The Morgan fingerprint density at radius 1 is 1.13 bits per heavy atom. The van der Waals surface area contributed by atoms with Gasteiger partial charge in [-0.05, 0) is 55.0 Å². The molecule has 1 aliphatic heterocycles. The summed E-state index contributed by atoms with van der Waals surface area (Å²) in [6.45, 7) is 0.818. The number of nitrogens with one attached hydrogen (secondary N) is 1. The molecule has 1 amide bonds. The number of rotatable bonds is 8. The molecule has 0 saturated carbocycles. The zero-order valence-electron chi connectivity index (χ0n) is 17.5. The number of piperidine rings is 1. The number of hydrogen-bond acceptors (Lipinski definition) is 6. The summed E-state index contributed by atoms with van der Waals surface area (Å²) in [4.78, 5) is 12.6. The standard InChI is InChI=1S/C20H27N3O5S3/c1-22(2)30(25,26)18-10-8-16(9-11-18)20(24)21-13-12-17-6-3-4-14-23(17)31(27,28)19-7-5-15-29-19/h5,7-11,15,17H,3-4,6,12-14H2,1-2H3,(H,21,24). The minimum atomic E-state index is -3.55. The predicted molar refractivity (Wildman–Crippen MR) is 120 cm³/mol. The number of benzene rings is 1. The maximum Gasteiger partial charge on any atom is 0.252 e. The molecule has 1 aromatic carbocycles. The second-order valence-electron chi connectivity index (χ2n) is 7.55. The first kappa shape index (κ1) is 23.9. The summed E-state index contributed by atoms with van der Waals surface area (Å²) in [7, 11) is -4.17. The van der Waals surface area contributed by atoms with Crippen LogP contribution >= 0.6 is 11.3 Å². The Hall–Kier alpha value is -1.79. The monoisotopic (exact) mass is 485 g/mol. The van der Waals surface area contributed by atoms with Crippen LogP contribution in [0.1, 0.15) is 36.0 Å². The van der Waals surface area contributed by atoms with Crippen molar-refractivity contribution in [3.63, 3.8) is 0 Å². The van der Waals surface area contributed by atoms with Gasteiger partial charge in [-0.15, -0.1) is 11.3 Å². The Kier molecular flexibility index (Phi) is 7.53. The van der Waals surface area contributed by atoms with Crippen LogP contribution in [0, 0.1) is 0 Å². The molecule has 1 fully saturated rings. The van der Waals surface area contributed by atoms with Crippen LogP contribution in [0.3, 0.4) is 0 Å². The fourth-order valence-corrected chi connectivity index (χ4v) is 7.29. The largest absolute Gasteiger partial charge is 0.352 e. The first-order chi connectivity index (χ1) is 14.6. The molecule has 8 nitrogen and oxygen atoms in total. The van der Waals surface area contributed by atoms with Crippen molar-refractivity contribution in [1.29, 1.82) is 0 Å². The molecule has 1 aromatic heterocycles. The molecule has 1 atom stereocenters. The Balaban J connectivity index is 1.60. The molecule has 1 aliphatic rings. The van der Waals surface area contributed by atoms with E-state index in [9.17, 15) is 21.6 Å². The molecule has 170 valence electrons. The first-order valence-electron chi connectivity index (χ1n) is 10.00. The van der Waals surface area contributed by atoms with Gasteiger partial charge < -0.3 is 5.32 Å². The lowest BCUT2D eigenvalue weighted by atomic mass is 10.0. The lowest BCUT2D eigenvalue weighted by molar-refractivity contribution is 0.0949. The molecule has 0 aliphatic carbocycles. The summed E-state index contributed by atoms with van der Waals surface area (Å²) in [5.41, 5.74) is 0.351. The molecule has 1 N–H and O–H groups in total. The van der Waals surface area contributed by atoms with Crippen LogP contribution in [0.25, 0.3) is 0 Å². The van der Waals surface area contributed by atoms with Gasteiger partial charge in [0.05, 0.1) is 4.90 Å². The van der Waals surface area contributed by atoms with E-state index in [0.717, 1.165) is 23.6 Å². The zero-order valence-corrected chi connectivity index (χ0v) is 20.0. The molecule has 0 radical (unpaired) electrons. The Morgan fingerprint density at radius 3 is 2.45 bits per heavy atom. The topological polar surface area (TPSA) is 104 Å². The van der Waals surface area contributed by atoms with Gasteiger partial charge in [0.25, 0.3) is 15.9 Å². The molecular formula is C20H27N3O5S3. The number of carbonyl (C=O) groups excluding carboxylic acids is 1. The lowest BCUT2D eigenvalue weighted by Gasteiger charge is -2.34. The highest BCUT2D eigenvalue weighted by molar-refractivity contribution is 7.91. The third-order valence-corrected chi connectivity index (χ3v) is 10.4. The van der Waals surface area contributed by atoms with Gasteiger partial charge in [-0.3, -0.25) is 4.79 Å². The Labute approximate surface area is 188 Å². The summed E-state index contributed by atoms with van der Waals surface area (Å²) >= 11 is 1.21. The van der Waals surface area contributed by atoms with Crippen LogP contribution in [0.5, 0.6) is 0 Å². The SMILES string of the molecule is CN(C)S(=O)(=O)c1ccc(C(=O)NCCC2CCCCN2S(=O)(=O)c2cccs2)cc1. The van der Waals surface area contributed by atoms with Gasteiger partial charge in [-0.2, -0.15) is 4.31 Å². The van der Waals surface area contributed by atoms with Crippen LogP contribution < -0.4 is 5.32 Å². The van der Waals surface area contributed by atoms with Gasteiger partial charge in [-0.25, -0.2) is 21.1 Å². The summed E-state index contributed by atoms with van der Waals surface area (Å²) < 4.78 is 53.2. The van der Waals surface area contributed by atoms with Gasteiger partial charge in [-0.1, -0.05) is 12.5 Å². The van der Waals surface area contributed by atoms with E-state index in [2.05, 4.69) is 5.32 Å². The number of hydrogen-bond donors (Lipinski definition) is 1. The van der Waals surface area contributed by atoms with Crippen molar-refractivity contribution in [3.05, 3.63) is 47.3 Å². The molecule has 11 heteroatoms. The van der Waals surface area contributed by atoms with Crippen LogP contribution in [-0.4, -0.2) is 64.6 Å². The van der Waals surface area contributed by atoms with Crippen LogP contribution in [0.15, 0.2) is 50.9 Å². The van der Waals surface area contributed by atoms with E-state index in [1.807, 2.05) is 0 Å². The summed E-state index contributed by atoms with van der Waals surface area (Å²) in [6, 6.07) is 8.94. The fraction of sp³-hybridized carbons (Fsp3) is 0.450. The van der Waals surface area contributed by atoms with Crippen molar-refractivity contribution in [2.75, 3.05) is 27.2 Å². The second kappa shape index (κ2) is 9.78. The molecule has 1 saturated heterocycles. The lowest BCUT2D eigenvalue weighted by Crippen LogP contribution is -2.44. The van der Waals surface area contributed by atoms with Gasteiger partial charge >= 0.3 is 0 Å². The van der Waals surface area contributed by atoms with Crippen LogP contribution in [0.2, 0.25) is 0 Å². The van der Waals surface area contributed by atoms with Crippen molar-refractivity contribution in [2.24, 2.45) is 0 Å². The van der Waals surface area contributed by atoms with E-state index in [4.69, 9.17) is 0 Å². The van der Waals surface area contributed by atoms with E-state index in [0.29, 0.717) is 29.3 Å². The van der Waals surface area contributed by atoms with Crippen molar-refractivity contribution in [3.8, 4) is 0 Å². The third kappa shape index (κ3) is 5.35. The molecule has 0 spiro atoms. The van der Waals surface area contributed by atoms with Gasteiger partial charge in [0.2, 0.25) is 10.0 Å². The molecule has 3 rings (SSSR count). The highest BCUT2D eigenvalue weighted by atomic mass is 32.2. The summed E-state index contributed by atoms with van der Waals surface area (Å²) in [5, 5.41) is 4.57. The molecule has 2 heterocycles. The summed E-state index contributed by atoms with van der Waals surface area (Å²) in [6.07, 6.45) is 3.06. The third-order valence-electron chi connectivity index (χ3n) is 5.29. The summed E-state index contributed by atoms with van der Waals surface area (Å²) in [5.74, 6) is -0.322. The molecular weight excluding hydrogens is 458 g/mol. The number of carbonyl (C=O) groups is 1. The van der Waals surface area contributed by atoms with E-state index < -0.39 is 20.0 Å². The van der Waals surface area contributed by atoms with E-state index >= 15 is 0 Å². The van der Waals surface area contributed by atoms with E-state index in [1.165, 1.54) is 49.7 Å². The van der Waals surface area contributed by atoms with Crippen molar-refractivity contribution < 1.29 is 21.6 Å². The maximum absolute atomic E-state index is 12.9. The van der Waals surface area contributed by atoms with Crippen LogP contribution in [-0.2, 0) is 20.0 Å². The van der Waals surface area contributed by atoms with Gasteiger partial charge in [0, 0.05) is 38.8 Å². The maximum atomic E-state index is 12.9. The van der Waals surface area contributed by atoms with Crippen LogP contribution in [0.4, 0.5) is 0 Å². The minimum absolute atomic E-state index is 0.116. The minimum Gasteiger partial charge on any atom is -0.352 e. The average molecular weight is 486 g/mol. The molecule has 0 bridgehead atoms. The zero-order chi connectivity index (χ0) is 22.6. The highest BCUT2D eigenvalue weighted by Crippen LogP contribution is 2.29. The van der Waals surface area contributed by atoms with Gasteiger partial charge in [0.15, 0.2) is 0 Å². The number of sulfonamides is 2. The molecule has 1 unspecified atom stereocenters. The number of nitrogens with zero attached hydrogens (tertiary/aromatic N) is 2.